The Kier molecular flexibility index (Phi) is 6.45. The van der Waals surface area contributed by atoms with Crippen LogP contribution in [-0.2, 0) is 4.79 Å². The van der Waals surface area contributed by atoms with Crippen molar-refractivity contribution in [3.63, 3.8) is 0 Å². The largest absolute Gasteiger partial charge is 0.481 e. The van der Waals surface area contributed by atoms with E-state index in [-0.39, 0.29) is 12.1 Å². The highest BCUT2D eigenvalue weighted by Gasteiger charge is 2.29. The molecule has 0 aromatic heterocycles. The minimum atomic E-state index is -0.753. The number of carboxylic acid groups (broad SMARTS) is 1. The van der Waals surface area contributed by atoms with Crippen molar-refractivity contribution in [1.82, 2.24) is 0 Å². The number of carboxylic acids is 1. The van der Waals surface area contributed by atoms with Crippen LogP contribution in [0.2, 0.25) is 0 Å². The van der Waals surface area contributed by atoms with Gasteiger partial charge >= 0.3 is 5.97 Å². The Bertz CT molecular complexity index is 633. The van der Waals surface area contributed by atoms with Crippen LogP contribution in [0.25, 0.3) is 0 Å². The van der Waals surface area contributed by atoms with Crippen LogP contribution < -0.4 is 10.6 Å². The van der Waals surface area contributed by atoms with Crippen LogP contribution >= 0.6 is 0 Å². The maximum absolute atomic E-state index is 11.6. The minimum Gasteiger partial charge on any atom is -0.481 e. The lowest BCUT2D eigenvalue weighted by atomic mass is 9.88. The summed E-state index contributed by atoms with van der Waals surface area (Å²) in [7, 11) is 0. The number of nitrogens with one attached hydrogen (secondary N) is 2. The van der Waals surface area contributed by atoms with Gasteiger partial charge in [0.15, 0.2) is 0 Å². The summed E-state index contributed by atoms with van der Waals surface area (Å²) in [5.74, 6) is -1.26. The number of anilines is 2. The molecule has 0 saturated heterocycles. The Hall–Kier alpha value is -2.49. The SMILES string of the molecule is CCC(C(=O)O)C(C)C(Nc1ccc(C)cc1)Nc1ccc(C)cc1. The molecule has 2 aromatic rings. The molecule has 25 heavy (non-hydrogen) atoms. The predicted octanol–water partition coefficient (Wildman–Crippen LogP) is 4.90. The van der Waals surface area contributed by atoms with Crippen LogP contribution in [0.5, 0.6) is 0 Å². The number of aryl methyl sites for hydroxylation is 2. The van der Waals surface area contributed by atoms with Gasteiger partial charge in [-0.05, 0) is 44.5 Å². The molecule has 3 N–H and O–H groups in total. The topological polar surface area (TPSA) is 61.4 Å². The fourth-order valence-electron chi connectivity index (χ4n) is 2.96. The van der Waals surface area contributed by atoms with Crippen LogP contribution in [0, 0.1) is 25.7 Å². The van der Waals surface area contributed by atoms with Crippen molar-refractivity contribution in [2.75, 3.05) is 10.6 Å². The molecular weight excluding hydrogens is 312 g/mol. The molecule has 134 valence electrons. The smallest absolute Gasteiger partial charge is 0.306 e. The van der Waals surface area contributed by atoms with Gasteiger partial charge in [0.25, 0.3) is 0 Å². The van der Waals surface area contributed by atoms with E-state index in [1.165, 1.54) is 11.1 Å². The first-order valence-corrected chi connectivity index (χ1v) is 8.80. The first kappa shape index (κ1) is 18.8. The lowest BCUT2D eigenvalue weighted by Crippen LogP contribution is -2.41. The summed E-state index contributed by atoms with van der Waals surface area (Å²) in [6.45, 7) is 8.00. The van der Waals surface area contributed by atoms with Crippen molar-refractivity contribution in [2.45, 2.75) is 40.3 Å². The van der Waals surface area contributed by atoms with E-state index >= 15 is 0 Å². The molecule has 4 nitrogen and oxygen atoms in total. The van der Waals surface area contributed by atoms with Gasteiger partial charge in [-0.15, -0.1) is 0 Å². The Morgan fingerprint density at radius 3 is 1.64 bits per heavy atom. The van der Waals surface area contributed by atoms with Crippen molar-refractivity contribution in [3.05, 3.63) is 59.7 Å². The summed E-state index contributed by atoms with van der Waals surface area (Å²) in [6, 6.07) is 16.3. The van der Waals surface area contributed by atoms with Gasteiger partial charge < -0.3 is 15.7 Å². The second-order valence-electron chi connectivity index (χ2n) is 6.71. The van der Waals surface area contributed by atoms with Gasteiger partial charge in [-0.25, -0.2) is 0 Å². The third-order valence-corrected chi connectivity index (χ3v) is 4.66. The molecule has 0 aliphatic heterocycles. The van der Waals surface area contributed by atoms with Crippen molar-refractivity contribution in [3.8, 4) is 0 Å². The predicted molar refractivity (Wildman–Crippen MR) is 104 cm³/mol. The maximum Gasteiger partial charge on any atom is 0.306 e. The van der Waals surface area contributed by atoms with Gasteiger partial charge in [0.1, 0.15) is 0 Å². The normalized spacial score (nSPS) is 13.3. The van der Waals surface area contributed by atoms with Crippen LogP contribution in [0.15, 0.2) is 48.5 Å². The van der Waals surface area contributed by atoms with Gasteiger partial charge in [-0.2, -0.15) is 0 Å². The van der Waals surface area contributed by atoms with E-state index in [0.29, 0.717) is 6.42 Å². The Morgan fingerprint density at radius 2 is 1.32 bits per heavy atom. The lowest BCUT2D eigenvalue weighted by molar-refractivity contribution is -0.143. The molecule has 2 aromatic carbocycles. The summed E-state index contributed by atoms with van der Waals surface area (Å²) < 4.78 is 0. The molecule has 0 spiro atoms. The molecule has 2 atom stereocenters. The van der Waals surface area contributed by atoms with E-state index < -0.39 is 11.9 Å². The molecule has 0 heterocycles. The van der Waals surface area contributed by atoms with Crippen LogP contribution in [0.1, 0.15) is 31.4 Å². The zero-order chi connectivity index (χ0) is 18.4. The monoisotopic (exact) mass is 340 g/mol. The molecule has 0 radical (unpaired) electrons. The van der Waals surface area contributed by atoms with Crippen LogP contribution in [0.4, 0.5) is 11.4 Å². The van der Waals surface area contributed by atoms with Gasteiger partial charge in [-0.3, -0.25) is 4.79 Å². The molecule has 0 fully saturated rings. The summed E-state index contributed by atoms with van der Waals surface area (Å²) in [5.41, 5.74) is 4.34. The van der Waals surface area contributed by atoms with Gasteiger partial charge in [0.05, 0.1) is 12.1 Å². The fraction of sp³-hybridized carbons (Fsp3) is 0.381. The van der Waals surface area contributed by atoms with Crippen molar-refractivity contribution in [1.29, 1.82) is 0 Å². The first-order valence-electron chi connectivity index (χ1n) is 8.80. The third kappa shape index (κ3) is 5.24. The van der Waals surface area contributed by atoms with E-state index in [4.69, 9.17) is 0 Å². The quantitative estimate of drug-likeness (QED) is 0.598. The summed E-state index contributed by atoms with van der Waals surface area (Å²) in [4.78, 5) is 11.6. The van der Waals surface area contributed by atoms with E-state index in [0.717, 1.165) is 11.4 Å². The Labute approximate surface area is 150 Å². The van der Waals surface area contributed by atoms with E-state index in [9.17, 15) is 9.90 Å². The second-order valence-corrected chi connectivity index (χ2v) is 6.71. The molecule has 0 amide bonds. The summed E-state index contributed by atoms with van der Waals surface area (Å²) in [6.07, 6.45) is 0.407. The molecule has 2 unspecified atom stereocenters. The number of rotatable bonds is 8. The van der Waals surface area contributed by atoms with Gasteiger partial charge in [-0.1, -0.05) is 49.2 Å². The minimum absolute atomic E-state index is 0.0925. The second kappa shape index (κ2) is 8.56. The highest BCUT2D eigenvalue weighted by molar-refractivity contribution is 5.70. The van der Waals surface area contributed by atoms with Crippen molar-refractivity contribution < 1.29 is 9.90 Å². The van der Waals surface area contributed by atoms with Crippen molar-refractivity contribution in [2.24, 2.45) is 11.8 Å². The molecule has 0 saturated carbocycles. The lowest BCUT2D eigenvalue weighted by Gasteiger charge is -2.31. The molecular formula is C21H28N2O2. The fourth-order valence-corrected chi connectivity index (χ4v) is 2.96. The number of aliphatic carboxylic acids is 1. The third-order valence-electron chi connectivity index (χ3n) is 4.66. The molecule has 4 heteroatoms. The number of benzene rings is 2. The average molecular weight is 340 g/mol. The standard InChI is InChI=1S/C21H28N2O2/c1-5-19(21(24)25)16(4)20(22-17-10-6-14(2)7-11-17)23-18-12-8-15(3)9-13-18/h6-13,16,19-20,22-23H,5H2,1-4H3,(H,24,25). The molecule has 2 rings (SSSR count). The van der Waals surface area contributed by atoms with E-state index in [2.05, 4.69) is 10.6 Å². The summed E-state index contributed by atoms with van der Waals surface area (Å²) in [5, 5.41) is 16.5. The Balaban J connectivity index is 2.24. The zero-order valence-corrected chi connectivity index (χ0v) is 15.4. The zero-order valence-electron chi connectivity index (χ0n) is 15.4. The van der Waals surface area contributed by atoms with Gasteiger partial charge in [0, 0.05) is 17.3 Å². The van der Waals surface area contributed by atoms with E-state index in [1.807, 2.05) is 76.2 Å². The Morgan fingerprint density at radius 1 is 0.920 bits per heavy atom. The number of hydrogen-bond acceptors (Lipinski definition) is 3. The molecule has 0 bridgehead atoms. The number of hydrogen-bond donors (Lipinski definition) is 3. The van der Waals surface area contributed by atoms with Crippen LogP contribution in [0.3, 0.4) is 0 Å². The van der Waals surface area contributed by atoms with Gasteiger partial charge in [0.2, 0.25) is 0 Å². The number of carbonyl (C=O) groups is 1. The highest BCUT2D eigenvalue weighted by atomic mass is 16.4. The maximum atomic E-state index is 11.6. The summed E-state index contributed by atoms with van der Waals surface area (Å²) >= 11 is 0. The molecule has 0 aliphatic carbocycles. The van der Waals surface area contributed by atoms with Crippen molar-refractivity contribution >= 4 is 17.3 Å². The highest BCUT2D eigenvalue weighted by Crippen LogP contribution is 2.24. The van der Waals surface area contributed by atoms with E-state index in [1.54, 1.807) is 0 Å². The molecule has 0 aliphatic rings. The first-order chi connectivity index (χ1) is 11.9. The van der Waals surface area contributed by atoms with Crippen LogP contribution in [-0.4, -0.2) is 17.2 Å². The average Bonchev–Trinajstić information content (AvgIpc) is 2.58.